The van der Waals surface area contributed by atoms with E-state index in [4.69, 9.17) is 11.6 Å². The summed E-state index contributed by atoms with van der Waals surface area (Å²) in [5.74, 6) is -1.57. The fraction of sp³-hybridized carbons (Fsp3) is 0.188. The standard InChI is InChI=1S/C16H15ClF2N2O/c17-12-6-4-11(5-7-12)10-21-15(22)8-9-20-16-13(18)2-1-3-14(16)19/h1-7,20H,8-10H2,(H,21,22). The Morgan fingerprint density at radius 2 is 1.68 bits per heavy atom. The minimum atomic E-state index is -0.679. The molecule has 0 heterocycles. The second-order valence-electron chi connectivity index (χ2n) is 4.68. The summed E-state index contributed by atoms with van der Waals surface area (Å²) in [5.41, 5.74) is 0.707. The van der Waals surface area contributed by atoms with Crippen LogP contribution in [-0.4, -0.2) is 12.5 Å². The molecule has 1 amide bonds. The molecule has 0 aromatic heterocycles. The summed E-state index contributed by atoms with van der Waals surface area (Å²) >= 11 is 5.77. The van der Waals surface area contributed by atoms with Gasteiger partial charge < -0.3 is 10.6 Å². The molecule has 0 unspecified atom stereocenters. The molecule has 0 spiro atoms. The number of para-hydroxylation sites is 1. The first-order valence-corrected chi connectivity index (χ1v) is 7.13. The first-order chi connectivity index (χ1) is 10.6. The number of benzene rings is 2. The summed E-state index contributed by atoms with van der Waals surface area (Å²) in [6, 6.07) is 10.7. The lowest BCUT2D eigenvalue weighted by molar-refractivity contribution is -0.121. The van der Waals surface area contributed by atoms with Crippen LogP contribution in [0, 0.1) is 11.6 Å². The Bertz CT molecular complexity index is 627. The zero-order valence-electron chi connectivity index (χ0n) is 11.7. The average Bonchev–Trinajstić information content (AvgIpc) is 2.50. The van der Waals surface area contributed by atoms with Crippen molar-refractivity contribution in [1.82, 2.24) is 5.32 Å². The third-order valence-electron chi connectivity index (χ3n) is 3.02. The van der Waals surface area contributed by atoms with Gasteiger partial charge in [-0.15, -0.1) is 0 Å². The van der Waals surface area contributed by atoms with Crippen molar-refractivity contribution in [2.45, 2.75) is 13.0 Å². The highest BCUT2D eigenvalue weighted by Crippen LogP contribution is 2.17. The van der Waals surface area contributed by atoms with Crippen molar-refractivity contribution in [3.8, 4) is 0 Å². The maximum atomic E-state index is 13.4. The van der Waals surface area contributed by atoms with Gasteiger partial charge in [0.2, 0.25) is 5.91 Å². The van der Waals surface area contributed by atoms with E-state index >= 15 is 0 Å². The van der Waals surface area contributed by atoms with E-state index in [1.54, 1.807) is 12.1 Å². The van der Waals surface area contributed by atoms with E-state index in [-0.39, 0.29) is 24.6 Å². The Hall–Kier alpha value is -2.14. The molecule has 3 nitrogen and oxygen atoms in total. The van der Waals surface area contributed by atoms with Gasteiger partial charge >= 0.3 is 0 Å². The zero-order chi connectivity index (χ0) is 15.9. The largest absolute Gasteiger partial charge is 0.380 e. The van der Waals surface area contributed by atoms with Crippen LogP contribution in [-0.2, 0) is 11.3 Å². The van der Waals surface area contributed by atoms with Crippen molar-refractivity contribution in [1.29, 1.82) is 0 Å². The smallest absolute Gasteiger partial charge is 0.222 e. The first-order valence-electron chi connectivity index (χ1n) is 6.75. The molecule has 2 rings (SSSR count). The summed E-state index contributed by atoms with van der Waals surface area (Å²) in [6.45, 7) is 0.522. The minimum Gasteiger partial charge on any atom is -0.380 e. The number of hydrogen-bond donors (Lipinski definition) is 2. The number of nitrogens with one attached hydrogen (secondary N) is 2. The molecule has 2 aromatic rings. The number of rotatable bonds is 6. The summed E-state index contributed by atoms with van der Waals surface area (Å²) in [5, 5.41) is 5.94. The highest BCUT2D eigenvalue weighted by molar-refractivity contribution is 6.30. The first kappa shape index (κ1) is 16.2. The van der Waals surface area contributed by atoms with E-state index in [2.05, 4.69) is 10.6 Å². The van der Waals surface area contributed by atoms with Crippen molar-refractivity contribution in [3.05, 3.63) is 64.7 Å². The lowest BCUT2D eigenvalue weighted by atomic mass is 10.2. The van der Waals surface area contributed by atoms with Crippen molar-refractivity contribution < 1.29 is 13.6 Å². The summed E-state index contributed by atoms with van der Waals surface area (Å²) < 4.78 is 26.7. The summed E-state index contributed by atoms with van der Waals surface area (Å²) in [7, 11) is 0. The van der Waals surface area contributed by atoms with Gasteiger partial charge in [-0.1, -0.05) is 29.8 Å². The highest BCUT2D eigenvalue weighted by Gasteiger charge is 2.08. The fourth-order valence-electron chi connectivity index (χ4n) is 1.86. The molecular weight excluding hydrogens is 310 g/mol. The van der Waals surface area contributed by atoms with Gasteiger partial charge in [0.15, 0.2) is 0 Å². The van der Waals surface area contributed by atoms with Crippen molar-refractivity contribution in [3.63, 3.8) is 0 Å². The van der Waals surface area contributed by atoms with Crippen molar-refractivity contribution >= 4 is 23.2 Å². The topological polar surface area (TPSA) is 41.1 Å². The predicted octanol–water partition coefficient (Wildman–Crippen LogP) is 3.74. The Balaban J connectivity index is 1.75. The molecular formula is C16H15ClF2N2O. The molecule has 0 atom stereocenters. The lowest BCUT2D eigenvalue weighted by Crippen LogP contribution is -2.25. The van der Waals surface area contributed by atoms with Crippen LogP contribution in [0.1, 0.15) is 12.0 Å². The number of amides is 1. The third kappa shape index (κ3) is 4.70. The second-order valence-corrected chi connectivity index (χ2v) is 5.11. The molecule has 0 bridgehead atoms. The van der Waals surface area contributed by atoms with Crippen molar-refractivity contribution in [2.24, 2.45) is 0 Å². The molecule has 2 aromatic carbocycles. The van der Waals surface area contributed by atoms with Crippen LogP contribution >= 0.6 is 11.6 Å². The zero-order valence-corrected chi connectivity index (χ0v) is 12.5. The van der Waals surface area contributed by atoms with Gasteiger partial charge in [-0.2, -0.15) is 0 Å². The quantitative estimate of drug-likeness (QED) is 0.850. The highest BCUT2D eigenvalue weighted by atomic mass is 35.5. The van der Waals surface area contributed by atoms with Gasteiger partial charge in [-0.25, -0.2) is 8.78 Å². The summed E-state index contributed by atoms with van der Waals surface area (Å²) in [6.07, 6.45) is 0.112. The molecule has 0 saturated heterocycles. The minimum absolute atomic E-state index is 0.112. The van der Waals surface area contributed by atoms with E-state index in [1.165, 1.54) is 6.07 Å². The lowest BCUT2D eigenvalue weighted by Gasteiger charge is -2.09. The Morgan fingerprint density at radius 3 is 2.32 bits per heavy atom. The number of anilines is 1. The van der Waals surface area contributed by atoms with E-state index in [1.807, 2.05) is 12.1 Å². The molecule has 22 heavy (non-hydrogen) atoms. The molecule has 0 aliphatic heterocycles. The van der Waals surface area contributed by atoms with Crippen LogP contribution in [0.3, 0.4) is 0 Å². The Morgan fingerprint density at radius 1 is 1.05 bits per heavy atom. The van der Waals surface area contributed by atoms with E-state index in [9.17, 15) is 13.6 Å². The maximum Gasteiger partial charge on any atom is 0.222 e. The normalized spacial score (nSPS) is 10.3. The average molecular weight is 325 g/mol. The van der Waals surface area contributed by atoms with Gasteiger partial charge in [-0.05, 0) is 29.8 Å². The van der Waals surface area contributed by atoms with Crippen LogP contribution in [0.15, 0.2) is 42.5 Å². The fourth-order valence-corrected chi connectivity index (χ4v) is 1.99. The van der Waals surface area contributed by atoms with Crippen LogP contribution in [0.4, 0.5) is 14.5 Å². The molecule has 0 saturated carbocycles. The van der Waals surface area contributed by atoms with Gasteiger partial charge in [0.1, 0.15) is 17.3 Å². The van der Waals surface area contributed by atoms with E-state index < -0.39 is 11.6 Å². The second kappa shape index (κ2) is 7.75. The van der Waals surface area contributed by atoms with Gasteiger partial charge in [0.05, 0.1) is 0 Å². The Kier molecular flexibility index (Phi) is 5.72. The molecule has 0 fully saturated rings. The predicted molar refractivity (Wildman–Crippen MR) is 82.8 cm³/mol. The van der Waals surface area contributed by atoms with Crippen LogP contribution in [0.2, 0.25) is 5.02 Å². The van der Waals surface area contributed by atoms with Gasteiger partial charge in [0.25, 0.3) is 0 Å². The molecule has 116 valence electrons. The molecule has 6 heteroatoms. The van der Waals surface area contributed by atoms with Crippen LogP contribution in [0.25, 0.3) is 0 Å². The van der Waals surface area contributed by atoms with Crippen molar-refractivity contribution in [2.75, 3.05) is 11.9 Å². The molecule has 0 radical (unpaired) electrons. The molecule has 0 aliphatic rings. The third-order valence-corrected chi connectivity index (χ3v) is 3.27. The van der Waals surface area contributed by atoms with Gasteiger partial charge in [-0.3, -0.25) is 4.79 Å². The van der Waals surface area contributed by atoms with E-state index in [0.29, 0.717) is 11.6 Å². The molecule has 0 aliphatic carbocycles. The van der Waals surface area contributed by atoms with Crippen LogP contribution in [0.5, 0.6) is 0 Å². The SMILES string of the molecule is O=C(CCNc1c(F)cccc1F)NCc1ccc(Cl)cc1. The monoisotopic (exact) mass is 324 g/mol. The number of halogens is 3. The van der Waals surface area contributed by atoms with E-state index in [0.717, 1.165) is 17.7 Å². The number of carbonyl (C=O) groups is 1. The van der Waals surface area contributed by atoms with Crippen LogP contribution < -0.4 is 10.6 Å². The molecule has 2 N–H and O–H groups in total. The number of carbonyl (C=O) groups excluding carboxylic acids is 1. The maximum absolute atomic E-state index is 13.4. The van der Waals surface area contributed by atoms with Gasteiger partial charge in [0, 0.05) is 24.5 Å². The Labute approximate surface area is 132 Å². The summed E-state index contributed by atoms with van der Waals surface area (Å²) in [4.78, 5) is 11.7. The number of hydrogen-bond acceptors (Lipinski definition) is 2.